The summed E-state index contributed by atoms with van der Waals surface area (Å²) in [6, 6.07) is 0. The van der Waals surface area contributed by atoms with Gasteiger partial charge in [0.25, 0.3) is 0 Å². The molecule has 0 saturated carbocycles. The quantitative estimate of drug-likeness (QED) is 0.0336. The van der Waals surface area contributed by atoms with Crippen molar-refractivity contribution < 1.29 is 0 Å². The molecule has 0 amide bonds. The predicted octanol–water partition coefficient (Wildman–Crippen LogP) is 15.4. The monoisotopic (exact) mass is 898 g/mol. The molecule has 0 heterocycles. The third kappa shape index (κ3) is 25.0. The molecule has 1 atom stereocenters. The Morgan fingerprint density at radius 2 is 0.917 bits per heavy atom. The highest BCUT2D eigenvalue weighted by atomic mass is 35.6. The summed E-state index contributed by atoms with van der Waals surface area (Å²) in [4.78, 5) is 0. The molecule has 0 aromatic carbocycles. The number of nitrogens with one attached hydrogen (secondary N) is 5. The van der Waals surface area contributed by atoms with E-state index in [1.807, 2.05) is 0 Å². The summed E-state index contributed by atoms with van der Waals surface area (Å²) in [6.45, 7) is 61.2. The number of hydrogen-bond donors (Lipinski definition) is 5. The molecular formula is C52H98Cl3N5. The van der Waals surface area contributed by atoms with Gasteiger partial charge in [0.05, 0.1) is 0 Å². The average Bonchev–Trinajstić information content (AvgIpc) is 3.09. The Morgan fingerprint density at radius 3 is 1.40 bits per heavy atom. The maximum atomic E-state index is 5.90. The largest absolute Gasteiger partial charge is 0.389 e. The summed E-state index contributed by atoms with van der Waals surface area (Å²) < 4.78 is -1.14. The third-order valence-corrected chi connectivity index (χ3v) is 14.7. The molecule has 0 aromatic heterocycles. The fourth-order valence-electron chi connectivity index (χ4n) is 6.74. The minimum Gasteiger partial charge on any atom is -0.389 e. The lowest BCUT2D eigenvalue weighted by Gasteiger charge is -2.42. The molecule has 0 radical (unpaired) electrons. The Morgan fingerprint density at radius 1 is 0.467 bits per heavy atom. The van der Waals surface area contributed by atoms with Crippen LogP contribution in [0, 0.1) is 44.3 Å². The molecule has 0 fully saturated rings. The maximum Gasteiger partial charge on any atom is 0.190 e. The lowest BCUT2D eigenvalue weighted by atomic mass is 9.67. The van der Waals surface area contributed by atoms with E-state index in [9.17, 15) is 0 Å². The fourth-order valence-corrected chi connectivity index (χ4v) is 7.07. The Balaban J connectivity index is 4.72. The highest BCUT2D eigenvalue weighted by Gasteiger charge is 2.37. The minimum absolute atomic E-state index is 0.0332. The maximum absolute atomic E-state index is 5.90. The Labute approximate surface area is 389 Å². The molecule has 0 aliphatic rings. The van der Waals surface area contributed by atoms with Crippen molar-refractivity contribution in [2.24, 2.45) is 44.3 Å². The third-order valence-electron chi connectivity index (χ3n) is 14.2. The molecule has 352 valence electrons. The summed E-state index contributed by atoms with van der Waals surface area (Å²) in [7, 11) is 0. The Hall–Kier alpha value is -1.43. The van der Waals surface area contributed by atoms with E-state index < -0.39 is 3.79 Å². The zero-order chi connectivity index (χ0) is 46.8. The second-order valence-corrected chi connectivity index (χ2v) is 25.6. The van der Waals surface area contributed by atoms with Crippen molar-refractivity contribution in [2.75, 3.05) is 32.7 Å². The van der Waals surface area contributed by atoms with Crippen LogP contribution in [0.2, 0.25) is 0 Å². The van der Waals surface area contributed by atoms with Crippen LogP contribution in [0.5, 0.6) is 0 Å². The van der Waals surface area contributed by atoms with Crippen LogP contribution in [0.15, 0.2) is 61.4 Å². The highest BCUT2D eigenvalue weighted by Crippen LogP contribution is 2.43. The van der Waals surface area contributed by atoms with Crippen LogP contribution in [0.3, 0.4) is 0 Å². The topological polar surface area (TPSA) is 60.1 Å². The average molecular weight is 900 g/mol. The van der Waals surface area contributed by atoms with Crippen LogP contribution in [0.25, 0.3) is 0 Å². The molecule has 0 spiro atoms. The summed E-state index contributed by atoms with van der Waals surface area (Å²) in [5, 5.41) is 18.3. The van der Waals surface area contributed by atoms with Gasteiger partial charge in [-0.25, -0.2) is 0 Å². The molecular weight excluding hydrogens is 801 g/mol. The molecule has 0 rings (SSSR count). The normalized spacial score (nSPS) is 13.8. The van der Waals surface area contributed by atoms with Crippen molar-refractivity contribution in [3.8, 4) is 0 Å². The van der Waals surface area contributed by atoms with Gasteiger partial charge in [-0.2, -0.15) is 0 Å². The molecule has 5 N–H and O–H groups in total. The van der Waals surface area contributed by atoms with Crippen LogP contribution in [-0.2, 0) is 0 Å². The van der Waals surface area contributed by atoms with E-state index in [1.54, 1.807) is 0 Å². The van der Waals surface area contributed by atoms with Crippen molar-refractivity contribution in [3.05, 3.63) is 61.4 Å². The molecule has 0 aliphatic heterocycles. The fraction of sp³-hybridized carbons (Fsp3) is 0.808. The van der Waals surface area contributed by atoms with Crippen LogP contribution in [0.4, 0.5) is 0 Å². The molecule has 0 saturated heterocycles. The standard InChI is InChI=1S/C52H98Cl3N5/c1-39(29-32-52(53,54)55)24-21-22-34-56-40(2)25-26-42(4)60-38-49(15,16)31-23-30-48(13,14)33-35-57-41(3)27-28-45(36-58-43(5)50(17,18)46(7,8)9)37-59-44(6)51(19,20)47(10,11)12/h39,45,56-60H,2-6,21-38H2,1,7-20H3. The van der Waals surface area contributed by atoms with Gasteiger partial charge in [0.2, 0.25) is 0 Å². The minimum atomic E-state index is -1.14. The molecule has 0 aliphatic carbocycles. The summed E-state index contributed by atoms with van der Waals surface area (Å²) in [6.07, 6.45) is 13.5. The first-order valence-corrected chi connectivity index (χ1v) is 24.4. The lowest BCUT2D eigenvalue weighted by Crippen LogP contribution is -2.41. The van der Waals surface area contributed by atoms with Crippen LogP contribution < -0.4 is 26.6 Å². The van der Waals surface area contributed by atoms with Gasteiger partial charge in [-0.15, -0.1) is 0 Å². The van der Waals surface area contributed by atoms with Crippen molar-refractivity contribution in [1.29, 1.82) is 0 Å². The second kappa shape index (κ2) is 25.8. The summed E-state index contributed by atoms with van der Waals surface area (Å²) in [5.41, 5.74) is 6.10. The van der Waals surface area contributed by atoms with Gasteiger partial charge < -0.3 is 26.6 Å². The molecule has 0 bridgehead atoms. The van der Waals surface area contributed by atoms with E-state index in [-0.39, 0.29) is 32.5 Å². The van der Waals surface area contributed by atoms with Crippen LogP contribution in [-0.4, -0.2) is 36.5 Å². The van der Waals surface area contributed by atoms with Crippen LogP contribution in [0.1, 0.15) is 187 Å². The van der Waals surface area contributed by atoms with Gasteiger partial charge in [-0.3, -0.25) is 0 Å². The van der Waals surface area contributed by atoms with Crippen molar-refractivity contribution in [1.82, 2.24) is 26.6 Å². The summed E-state index contributed by atoms with van der Waals surface area (Å²) >= 11 is 17.7. The molecule has 1 unspecified atom stereocenters. The first-order chi connectivity index (χ1) is 27.1. The number of rotatable bonds is 33. The predicted molar refractivity (Wildman–Crippen MR) is 273 cm³/mol. The first-order valence-electron chi connectivity index (χ1n) is 23.3. The number of unbranched alkanes of at least 4 members (excludes halogenated alkanes) is 1. The van der Waals surface area contributed by atoms with Gasteiger partial charge in [0.15, 0.2) is 3.79 Å². The van der Waals surface area contributed by atoms with E-state index in [2.05, 4.69) is 163 Å². The molecule has 5 nitrogen and oxygen atoms in total. The van der Waals surface area contributed by atoms with Gasteiger partial charge >= 0.3 is 0 Å². The molecule has 8 heteroatoms. The first kappa shape index (κ1) is 58.6. The van der Waals surface area contributed by atoms with E-state index >= 15 is 0 Å². The molecule has 0 aromatic rings. The van der Waals surface area contributed by atoms with Gasteiger partial charge in [0, 0.05) is 72.0 Å². The second-order valence-electron chi connectivity index (χ2n) is 23.1. The summed E-state index contributed by atoms with van der Waals surface area (Å²) in [5.74, 6) is 0.969. The van der Waals surface area contributed by atoms with Gasteiger partial charge in [-0.1, -0.05) is 191 Å². The Bertz CT molecular complexity index is 1280. The van der Waals surface area contributed by atoms with Gasteiger partial charge in [0.1, 0.15) is 0 Å². The van der Waals surface area contributed by atoms with E-state index in [1.165, 1.54) is 19.3 Å². The van der Waals surface area contributed by atoms with E-state index in [4.69, 9.17) is 34.8 Å². The number of allylic oxidation sites excluding steroid dienone is 5. The lowest BCUT2D eigenvalue weighted by molar-refractivity contribution is 0.162. The smallest absolute Gasteiger partial charge is 0.190 e. The van der Waals surface area contributed by atoms with Crippen molar-refractivity contribution in [2.45, 2.75) is 191 Å². The van der Waals surface area contributed by atoms with Gasteiger partial charge in [-0.05, 0) is 97.7 Å². The number of halogens is 3. The number of hydrogen-bond acceptors (Lipinski definition) is 5. The van der Waals surface area contributed by atoms with Crippen molar-refractivity contribution >= 4 is 34.8 Å². The Kier molecular flexibility index (Phi) is 25.1. The zero-order valence-electron chi connectivity index (χ0n) is 42.1. The van der Waals surface area contributed by atoms with Crippen LogP contribution >= 0.6 is 34.8 Å². The van der Waals surface area contributed by atoms with Crippen molar-refractivity contribution in [3.63, 3.8) is 0 Å². The number of alkyl halides is 3. The molecule has 60 heavy (non-hydrogen) atoms. The highest BCUT2D eigenvalue weighted by molar-refractivity contribution is 6.67. The SMILES string of the molecule is C=C(CCC(=C)NCC(C)(C)CCCC(C)(C)CCNC(=C)CCC(CNC(=C)C(C)(C)C(C)(C)C)CNC(=C)C(C)(C)C(C)(C)C)NCCCCC(C)CCC(Cl)(Cl)Cl. The van der Waals surface area contributed by atoms with E-state index in [0.717, 1.165) is 119 Å². The zero-order valence-corrected chi connectivity index (χ0v) is 44.3. The van der Waals surface area contributed by atoms with E-state index in [0.29, 0.717) is 18.3 Å².